The van der Waals surface area contributed by atoms with E-state index in [1.165, 1.54) is 16.7 Å². The summed E-state index contributed by atoms with van der Waals surface area (Å²) in [5.41, 5.74) is 3.36. The van der Waals surface area contributed by atoms with Crippen LogP contribution in [0.4, 0.5) is 0 Å². The summed E-state index contributed by atoms with van der Waals surface area (Å²) in [7, 11) is 0. The van der Waals surface area contributed by atoms with E-state index in [1.807, 2.05) is 30.3 Å². The smallest absolute Gasteiger partial charge is 0.119 e. The van der Waals surface area contributed by atoms with Gasteiger partial charge in [-0.05, 0) is 72.1 Å². The molecule has 0 amide bonds. The van der Waals surface area contributed by atoms with Gasteiger partial charge in [0.25, 0.3) is 0 Å². The van der Waals surface area contributed by atoms with Gasteiger partial charge in [-0.3, -0.25) is 0 Å². The fourth-order valence-corrected chi connectivity index (χ4v) is 5.39. The summed E-state index contributed by atoms with van der Waals surface area (Å²) >= 11 is 0. The Hall–Kier alpha value is -2.86. The van der Waals surface area contributed by atoms with E-state index in [4.69, 9.17) is 14.6 Å². The fraction of sp³-hybridized carbons (Fsp3) is 0.486. The Labute approximate surface area is 240 Å². The zero-order valence-electron chi connectivity index (χ0n) is 24.7. The number of hydrogen-bond donors (Lipinski definition) is 3. The summed E-state index contributed by atoms with van der Waals surface area (Å²) in [5.74, 6) is 1.43. The van der Waals surface area contributed by atoms with Crippen molar-refractivity contribution in [3.05, 3.63) is 95.6 Å². The largest absolute Gasteiger partial charge is 0.491 e. The molecule has 0 saturated carbocycles. The van der Waals surface area contributed by atoms with E-state index in [0.717, 1.165) is 44.3 Å². The molecule has 2 atom stereocenters. The maximum Gasteiger partial charge on any atom is 0.119 e. The van der Waals surface area contributed by atoms with Gasteiger partial charge in [-0.2, -0.15) is 0 Å². The molecular formula is C35H48O5. The molecule has 3 N–H and O–H groups in total. The highest BCUT2D eigenvalue weighted by molar-refractivity contribution is 5.43. The van der Waals surface area contributed by atoms with E-state index in [0.29, 0.717) is 5.75 Å². The second-order valence-electron chi connectivity index (χ2n) is 11.6. The molecule has 0 fully saturated rings. The molecule has 0 aliphatic carbocycles. The van der Waals surface area contributed by atoms with Gasteiger partial charge >= 0.3 is 0 Å². The number of benzene rings is 3. The summed E-state index contributed by atoms with van der Waals surface area (Å²) in [5, 5.41) is 29.6. The molecule has 0 aliphatic rings. The molecule has 0 aliphatic heterocycles. The minimum Gasteiger partial charge on any atom is -0.491 e. The van der Waals surface area contributed by atoms with Gasteiger partial charge < -0.3 is 24.8 Å². The van der Waals surface area contributed by atoms with E-state index in [9.17, 15) is 10.2 Å². The van der Waals surface area contributed by atoms with Gasteiger partial charge in [-0.25, -0.2) is 0 Å². The number of rotatable bonds is 17. The molecular weight excluding hydrogens is 500 g/mol. The number of hydrogen-bond acceptors (Lipinski definition) is 5. The van der Waals surface area contributed by atoms with E-state index in [1.54, 1.807) is 0 Å². The molecule has 218 valence electrons. The first kappa shape index (κ1) is 31.7. The third-order valence-electron chi connectivity index (χ3n) is 8.03. The Bertz CT molecular complexity index is 1100. The highest BCUT2D eigenvalue weighted by Crippen LogP contribution is 2.42. The Morgan fingerprint density at radius 1 is 0.675 bits per heavy atom. The van der Waals surface area contributed by atoms with E-state index >= 15 is 0 Å². The van der Waals surface area contributed by atoms with Crippen LogP contribution in [0.2, 0.25) is 0 Å². The third-order valence-corrected chi connectivity index (χ3v) is 8.03. The monoisotopic (exact) mass is 548 g/mol. The maximum atomic E-state index is 10.9. The first-order valence-electron chi connectivity index (χ1n) is 14.7. The summed E-state index contributed by atoms with van der Waals surface area (Å²) < 4.78 is 11.7. The maximum absolute atomic E-state index is 10.9. The first-order chi connectivity index (χ1) is 19.2. The lowest BCUT2D eigenvalue weighted by Gasteiger charge is -2.35. The van der Waals surface area contributed by atoms with Crippen molar-refractivity contribution in [1.82, 2.24) is 0 Å². The molecule has 5 nitrogen and oxygen atoms in total. The second kappa shape index (κ2) is 15.2. The molecule has 0 saturated heterocycles. The first-order valence-corrected chi connectivity index (χ1v) is 14.7. The number of aliphatic hydroxyl groups excluding tert-OH is 3. The number of ether oxygens (including phenoxy) is 2. The van der Waals surface area contributed by atoms with Crippen molar-refractivity contribution in [2.24, 2.45) is 5.41 Å². The van der Waals surface area contributed by atoms with Crippen LogP contribution >= 0.6 is 0 Å². The van der Waals surface area contributed by atoms with Crippen molar-refractivity contribution in [1.29, 1.82) is 0 Å². The second-order valence-corrected chi connectivity index (χ2v) is 11.6. The summed E-state index contributed by atoms with van der Waals surface area (Å²) in [6.07, 6.45) is 4.46. The molecule has 5 heteroatoms. The normalized spacial score (nSPS) is 13.6. The van der Waals surface area contributed by atoms with Crippen LogP contribution in [0.15, 0.2) is 78.9 Å². The summed E-state index contributed by atoms with van der Waals surface area (Å²) in [6, 6.07) is 26.9. The van der Waals surface area contributed by atoms with E-state index in [-0.39, 0.29) is 30.7 Å². The van der Waals surface area contributed by atoms with E-state index in [2.05, 4.69) is 76.2 Å². The van der Waals surface area contributed by atoms with Crippen LogP contribution in [0.5, 0.6) is 11.5 Å². The number of aryl methyl sites for hydroxylation is 1. The minimum absolute atomic E-state index is 0.0608. The lowest BCUT2D eigenvalue weighted by Crippen LogP contribution is -2.35. The fourth-order valence-electron chi connectivity index (χ4n) is 5.39. The van der Waals surface area contributed by atoms with Crippen LogP contribution < -0.4 is 9.47 Å². The predicted molar refractivity (Wildman–Crippen MR) is 162 cm³/mol. The zero-order chi connectivity index (χ0) is 29.0. The van der Waals surface area contributed by atoms with Crippen LogP contribution in [0.3, 0.4) is 0 Å². The number of aliphatic hydroxyl groups is 3. The molecule has 3 rings (SSSR count). The van der Waals surface area contributed by atoms with Crippen LogP contribution in [-0.2, 0) is 11.8 Å². The lowest BCUT2D eigenvalue weighted by atomic mass is 9.68. The zero-order valence-corrected chi connectivity index (χ0v) is 24.7. The Balaban J connectivity index is 1.69. The van der Waals surface area contributed by atoms with Gasteiger partial charge in [0.1, 0.15) is 30.8 Å². The van der Waals surface area contributed by atoms with Crippen LogP contribution in [0.25, 0.3) is 0 Å². The molecule has 0 bridgehead atoms. The molecule has 0 heterocycles. The summed E-state index contributed by atoms with van der Waals surface area (Å²) in [4.78, 5) is 0. The van der Waals surface area contributed by atoms with Crippen LogP contribution in [0, 0.1) is 5.41 Å². The molecule has 2 unspecified atom stereocenters. The topological polar surface area (TPSA) is 79.2 Å². The predicted octanol–water partition coefficient (Wildman–Crippen LogP) is 6.70. The van der Waals surface area contributed by atoms with Crippen molar-refractivity contribution in [2.75, 3.05) is 19.8 Å². The van der Waals surface area contributed by atoms with Crippen LogP contribution in [0.1, 0.15) is 76.5 Å². The van der Waals surface area contributed by atoms with Crippen molar-refractivity contribution in [2.45, 2.75) is 83.8 Å². The van der Waals surface area contributed by atoms with Gasteiger partial charge in [0.05, 0.1) is 12.7 Å². The van der Waals surface area contributed by atoms with Crippen molar-refractivity contribution in [3.63, 3.8) is 0 Å². The van der Waals surface area contributed by atoms with Gasteiger partial charge in [0.15, 0.2) is 0 Å². The quantitative estimate of drug-likeness (QED) is 0.175. The highest BCUT2D eigenvalue weighted by atomic mass is 16.5. The minimum atomic E-state index is -0.888. The Kier molecular flexibility index (Phi) is 12.1. The van der Waals surface area contributed by atoms with Gasteiger partial charge in [-0.15, -0.1) is 0 Å². The molecule has 0 aromatic heterocycles. The molecule has 0 radical (unpaired) electrons. The lowest BCUT2D eigenvalue weighted by molar-refractivity contribution is 0.00720. The molecule has 40 heavy (non-hydrogen) atoms. The van der Waals surface area contributed by atoms with E-state index < -0.39 is 12.2 Å². The van der Waals surface area contributed by atoms with Gasteiger partial charge in [-0.1, -0.05) is 95.1 Å². The van der Waals surface area contributed by atoms with Crippen LogP contribution in [-0.4, -0.2) is 47.3 Å². The third kappa shape index (κ3) is 8.57. The van der Waals surface area contributed by atoms with Gasteiger partial charge in [0, 0.05) is 5.41 Å². The standard InChI is InChI=1S/C35H48O5/c1-5-21-35(22-6-2,28-12-16-31(17-13-28)39-25-30(37)24-36)29-14-18-32(19-15-29)40-26-33(38)34(3,4)23-20-27-10-8-7-9-11-27/h7-19,30,33,36-38H,5-6,20-26H2,1-4H3. The van der Waals surface area contributed by atoms with Crippen molar-refractivity contribution in [3.8, 4) is 11.5 Å². The SMILES string of the molecule is CCCC(CCC)(c1ccc(OCC(O)CO)cc1)c1ccc(OCC(O)C(C)(C)CCc2ccccc2)cc1. The highest BCUT2D eigenvalue weighted by Gasteiger charge is 2.33. The molecule has 0 spiro atoms. The Morgan fingerprint density at radius 2 is 1.18 bits per heavy atom. The Morgan fingerprint density at radius 3 is 1.65 bits per heavy atom. The average molecular weight is 549 g/mol. The van der Waals surface area contributed by atoms with Crippen molar-refractivity contribution < 1.29 is 24.8 Å². The molecule has 3 aromatic carbocycles. The summed E-state index contributed by atoms with van der Waals surface area (Å²) in [6.45, 7) is 8.63. The molecule has 3 aromatic rings. The average Bonchev–Trinajstić information content (AvgIpc) is 2.98. The van der Waals surface area contributed by atoms with Crippen molar-refractivity contribution >= 4 is 0 Å². The van der Waals surface area contributed by atoms with Gasteiger partial charge in [0.2, 0.25) is 0 Å².